The van der Waals surface area contributed by atoms with Gasteiger partial charge in [0, 0.05) is 22.5 Å². The normalized spacial score (nSPS) is 10.4. The van der Waals surface area contributed by atoms with Crippen LogP contribution in [0.3, 0.4) is 0 Å². The van der Waals surface area contributed by atoms with Crippen molar-refractivity contribution in [1.82, 2.24) is 4.98 Å². The lowest BCUT2D eigenvalue weighted by Gasteiger charge is -2.12. The van der Waals surface area contributed by atoms with Crippen LogP contribution in [-0.2, 0) is 0 Å². The number of rotatable bonds is 4. The van der Waals surface area contributed by atoms with Gasteiger partial charge < -0.3 is 15.4 Å². The topological polar surface area (TPSA) is 46.2 Å². The third-order valence-electron chi connectivity index (χ3n) is 3.51. The first-order valence-corrected chi connectivity index (χ1v) is 8.23. The molecule has 5 heteroatoms. The van der Waals surface area contributed by atoms with E-state index in [1.165, 1.54) is 0 Å². The van der Waals surface area contributed by atoms with Gasteiger partial charge in [0.25, 0.3) is 0 Å². The summed E-state index contributed by atoms with van der Waals surface area (Å²) in [6, 6.07) is 17.8. The van der Waals surface area contributed by atoms with Crippen molar-refractivity contribution in [3.63, 3.8) is 0 Å². The summed E-state index contributed by atoms with van der Waals surface area (Å²) >= 11 is 5.38. The van der Waals surface area contributed by atoms with E-state index in [9.17, 15) is 0 Å². The Morgan fingerprint density at radius 3 is 2.46 bits per heavy atom. The first kappa shape index (κ1) is 16.2. The number of hydrogen-bond acceptors (Lipinski definition) is 3. The number of anilines is 2. The molecule has 1 aromatic heterocycles. The molecule has 0 aliphatic rings. The fraction of sp³-hybridized carbons (Fsp3) is 0.158. The molecule has 0 saturated carbocycles. The van der Waals surface area contributed by atoms with Gasteiger partial charge in [-0.3, -0.25) is 4.98 Å². The van der Waals surface area contributed by atoms with Gasteiger partial charge in [-0.25, -0.2) is 0 Å². The highest BCUT2D eigenvalue weighted by atomic mass is 32.1. The summed E-state index contributed by atoms with van der Waals surface area (Å²) in [4.78, 5) is 4.50. The molecule has 122 valence electrons. The average Bonchev–Trinajstić information content (AvgIpc) is 2.57. The van der Waals surface area contributed by atoms with Crippen molar-refractivity contribution in [3.05, 3.63) is 60.3 Å². The molecule has 2 aromatic carbocycles. The van der Waals surface area contributed by atoms with Gasteiger partial charge in [0.15, 0.2) is 5.11 Å². The van der Waals surface area contributed by atoms with Crippen LogP contribution in [-0.4, -0.2) is 16.7 Å². The largest absolute Gasteiger partial charge is 0.494 e. The van der Waals surface area contributed by atoms with Crippen LogP contribution in [0.1, 0.15) is 12.6 Å². The van der Waals surface area contributed by atoms with E-state index in [2.05, 4.69) is 21.7 Å². The summed E-state index contributed by atoms with van der Waals surface area (Å²) in [6.45, 7) is 4.61. The second kappa shape index (κ2) is 7.27. The highest BCUT2D eigenvalue weighted by molar-refractivity contribution is 7.80. The number of benzene rings is 2. The summed E-state index contributed by atoms with van der Waals surface area (Å²) in [5, 5.41) is 7.98. The Morgan fingerprint density at radius 2 is 1.71 bits per heavy atom. The molecule has 0 bridgehead atoms. The van der Waals surface area contributed by atoms with Gasteiger partial charge >= 0.3 is 0 Å². The van der Waals surface area contributed by atoms with E-state index >= 15 is 0 Å². The van der Waals surface area contributed by atoms with E-state index < -0.39 is 0 Å². The maximum Gasteiger partial charge on any atom is 0.175 e. The molecule has 0 radical (unpaired) electrons. The van der Waals surface area contributed by atoms with Crippen molar-refractivity contribution in [2.45, 2.75) is 13.8 Å². The van der Waals surface area contributed by atoms with Crippen LogP contribution in [0.2, 0.25) is 0 Å². The maximum atomic E-state index is 5.43. The van der Waals surface area contributed by atoms with E-state index in [0.29, 0.717) is 11.7 Å². The molecule has 24 heavy (non-hydrogen) atoms. The van der Waals surface area contributed by atoms with Gasteiger partial charge in [0.2, 0.25) is 0 Å². The van der Waals surface area contributed by atoms with Crippen LogP contribution < -0.4 is 15.4 Å². The van der Waals surface area contributed by atoms with E-state index in [0.717, 1.165) is 33.7 Å². The molecule has 1 heterocycles. The van der Waals surface area contributed by atoms with E-state index in [-0.39, 0.29) is 0 Å². The predicted molar refractivity (Wildman–Crippen MR) is 104 cm³/mol. The number of aromatic nitrogens is 1. The Labute approximate surface area is 146 Å². The van der Waals surface area contributed by atoms with Gasteiger partial charge in [-0.1, -0.05) is 6.07 Å². The van der Waals surface area contributed by atoms with Crippen LogP contribution in [0, 0.1) is 6.92 Å². The molecule has 2 N–H and O–H groups in total. The smallest absolute Gasteiger partial charge is 0.175 e. The molecule has 4 nitrogen and oxygen atoms in total. The minimum absolute atomic E-state index is 0.540. The van der Waals surface area contributed by atoms with Crippen molar-refractivity contribution in [1.29, 1.82) is 0 Å². The van der Waals surface area contributed by atoms with E-state index in [4.69, 9.17) is 17.0 Å². The molecule has 0 unspecified atom stereocenters. The SMILES string of the molecule is CCOc1ccc(NC(=S)Nc2ccc3nc(C)ccc3c2)cc1. The summed E-state index contributed by atoms with van der Waals surface area (Å²) in [5.74, 6) is 0.847. The number of ether oxygens (including phenoxy) is 1. The molecule has 0 aliphatic carbocycles. The molecular weight excluding hydrogens is 318 g/mol. The second-order valence-electron chi connectivity index (χ2n) is 5.40. The number of fused-ring (bicyclic) bond motifs is 1. The van der Waals surface area contributed by atoms with Crippen LogP contribution in [0.25, 0.3) is 10.9 Å². The number of aryl methyl sites for hydroxylation is 1. The Hall–Kier alpha value is -2.66. The third kappa shape index (κ3) is 4.00. The van der Waals surface area contributed by atoms with E-state index in [1.807, 2.05) is 62.4 Å². The van der Waals surface area contributed by atoms with Gasteiger partial charge in [-0.15, -0.1) is 0 Å². The molecule has 3 aromatic rings. The average molecular weight is 337 g/mol. The quantitative estimate of drug-likeness (QED) is 0.673. The minimum Gasteiger partial charge on any atom is -0.494 e. The Balaban J connectivity index is 1.67. The fourth-order valence-electron chi connectivity index (χ4n) is 2.40. The molecular formula is C19H19N3OS. The fourth-order valence-corrected chi connectivity index (χ4v) is 2.64. The van der Waals surface area contributed by atoms with Crippen LogP contribution in [0.15, 0.2) is 54.6 Å². The molecule has 0 spiro atoms. The van der Waals surface area contributed by atoms with Crippen molar-refractivity contribution < 1.29 is 4.74 Å². The summed E-state index contributed by atoms with van der Waals surface area (Å²) in [6.07, 6.45) is 0. The van der Waals surface area contributed by atoms with Gasteiger partial charge in [-0.2, -0.15) is 0 Å². The summed E-state index contributed by atoms with van der Waals surface area (Å²) in [7, 11) is 0. The maximum absolute atomic E-state index is 5.43. The Bertz CT molecular complexity index is 862. The highest BCUT2D eigenvalue weighted by Crippen LogP contribution is 2.19. The van der Waals surface area contributed by atoms with Gasteiger partial charge in [0.1, 0.15) is 5.75 Å². The Kier molecular flexibility index (Phi) is 4.91. The number of hydrogen-bond donors (Lipinski definition) is 2. The summed E-state index contributed by atoms with van der Waals surface area (Å²) < 4.78 is 5.43. The molecule has 0 aliphatic heterocycles. The predicted octanol–water partition coefficient (Wildman–Crippen LogP) is 4.75. The third-order valence-corrected chi connectivity index (χ3v) is 3.71. The van der Waals surface area contributed by atoms with Gasteiger partial charge in [-0.05, 0) is 74.6 Å². The lowest BCUT2D eigenvalue weighted by atomic mass is 10.2. The number of nitrogens with one attached hydrogen (secondary N) is 2. The van der Waals surface area contributed by atoms with Crippen molar-refractivity contribution in [2.75, 3.05) is 17.2 Å². The molecule has 0 fully saturated rings. The standard InChI is InChI=1S/C19H19N3OS/c1-3-23-17-9-6-15(7-10-17)21-19(24)22-16-8-11-18-14(12-16)5-4-13(2)20-18/h4-12H,3H2,1-2H3,(H2,21,22,24). The monoisotopic (exact) mass is 337 g/mol. The lowest BCUT2D eigenvalue weighted by molar-refractivity contribution is 0.340. The minimum atomic E-state index is 0.540. The van der Waals surface area contributed by atoms with Crippen LogP contribution in [0.4, 0.5) is 11.4 Å². The van der Waals surface area contributed by atoms with Crippen LogP contribution >= 0.6 is 12.2 Å². The van der Waals surface area contributed by atoms with Crippen LogP contribution in [0.5, 0.6) is 5.75 Å². The number of pyridine rings is 1. The highest BCUT2D eigenvalue weighted by Gasteiger charge is 2.02. The van der Waals surface area contributed by atoms with E-state index in [1.54, 1.807) is 0 Å². The second-order valence-corrected chi connectivity index (χ2v) is 5.80. The molecule has 0 saturated heterocycles. The first-order chi connectivity index (χ1) is 11.6. The van der Waals surface area contributed by atoms with Crippen molar-refractivity contribution in [3.8, 4) is 5.75 Å². The Morgan fingerprint density at radius 1 is 1.00 bits per heavy atom. The van der Waals surface area contributed by atoms with Crippen molar-refractivity contribution >= 4 is 39.6 Å². The molecule has 0 atom stereocenters. The zero-order valence-electron chi connectivity index (χ0n) is 13.7. The molecule has 0 amide bonds. The zero-order valence-corrected chi connectivity index (χ0v) is 14.5. The lowest BCUT2D eigenvalue weighted by Crippen LogP contribution is -2.18. The zero-order chi connectivity index (χ0) is 16.9. The van der Waals surface area contributed by atoms with Gasteiger partial charge in [0.05, 0.1) is 12.1 Å². The number of thiocarbonyl (C=S) groups is 1. The number of nitrogens with zero attached hydrogens (tertiary/aromatic N) is 1. The first-order valence-electron chi connectivity index (χ1n) is 7.82. The summed E-state index contributed by atoms with van der Waals surface area (Å²) in [5.41, 5.74) is 3.83. The van der Waals surface area contributed by atoms with Crippen molar-refractivity contribution in [2.24, 2.45) is 0 Å². The molecule has 3 rings (SSSR count).